The highest BCUT2D eigenvalue weighted by Gasteiger charge is 2.21. The van der Waals surface area contributed by atoms with E-state index in [2.05, 4.69) is 15.3 Å². The van der Waals surface area contributed by atoms with Gasteiger partial charge in [-0.05, 0) is 25.3 Å². The SMILES string of the molecule is O=C(Nc1cc[nH]c(=O)n1)OC1CCC1. The number of carbonyl (C=O) groups is 1. The van der Waals surface area contributed by atoms with Crippen molar-refractivity contribution >= 4 is 11.9 Å². The normalized spacial score (nSPS) is 15.5. The molecule has 0 saturated heterocycles. The number of aromatic nitrogens is 2. The van der Waals surface area contributed by atoms with Crippen molar-refractivity contribution in [2.75, 3.05) is 5.32 Å². The predicted octanol–water partition coefficient (Wildman–Crippen LogP) is 0.871. The van der Waals surface area contributed by atoms with Crippen molar-refractivity contribution < 1.29 is 9.53 Å². The molecule has 2 N–H and O–H groups in total. The first kappa shape index (κ1) is 9.70. The molecule has 6 nitrogen and oxygen atoms in total. The summed E-state index contributed by atoms with van der Waals surface area (Å²) in [5.41, 5.74) is -0.503. The zero-order valence-electron chi connectivity index (χ0n) is 8.03. The molecule has 1 heterocycles. The topological polar surface area (TPSA) is 84.1 Å². The third-order valence-electron chi connectivity index (χ3n) is 2.23. The minimum Gasteiger partial charge on any atom is -0.446 e. The maximum Gasteiger partial charge on any atom is 0.413 e. The second kappa shape index (κ2) is 4.12. The molecule has 0 aliphatic heterocycles. The van der Waals surface area contributed by atoms with Crippen molar-refractivity contribution in [1.29, 1.82) is 0 Å². The van der Waals surface area contributed by atoms with Crippen molar-refractivity contribution in [2.45, 2.75) is 25.4 Å². The maximum atomic E-state index is 11.2. The van der Waals surface area contributed by atoms with E-state index in [1.54, 1.807) is 0 Å². The second-order valence-electron chi connectivity index (χ2n) is 3.36. The number of aromatic amines is 1. The summed E-state index contributed by atoms with van der Waals surface area (Å²) in [7, 11) is 0. The Morgan fingerprint density at radius 1 is 1.60 bits per heavy atom. The molecular formula is C9H11N3O3. The lowest BCUT2D eigenvalue weighted by molar-refractivity contribution is 0.0623. The van der Waals surface area contributed by atoms with E-state index in [-0.39, 0.29) is 11.9 Å². The monoisotopic (exact) mass is 209 g/mol. The van der Waals surface area contributed by atoms with E-state index in [1.165, 1.54) is 12.3 Å². The highest BCUT2D eigenvalue weighted by Crippen LogP contribution is 2.22. The lowest BCUT2D eigenvalue weighted by Crippen LogP contribution is -2.28. The van der Waals surface area contributed by atoms with Crippen molar-refractivity contribution in [1.82, 2.24) is 9.97 Å². The van der Waals surface area contributed by atoms with Gasteiger partial charge in [-0.15, -0.1) is 0 Å². The summed E-state index contributed by atoms with van der Waals surface area (Å²) in [4.78, 5) is 27.9. The number of anilines is 1. The Labute approximate surface area is 85.7 Å². The number of nitrogens with zero attached hydrogens (tertiary/aromatic N) is 1. The summed E-state index contributed by atoms with van der Waals surface area (Å²) >= 11 is 0. The van der Waals surface area contributed by atoms with Crippen molar-refractivity contribution in [3.05, 3.63) is 22.7 Å². The highest BCUT2D eigenvalue weighted by molar-refractivity contribution is 5.83. The predicted molar refractivity (Wildman–Crippen MR) is 52.6 cm³/mol. The van der Waals surface area contributed by atoms with Crippen LogP contribution in [-0.4, -0.2) is 22.2 Å². The molecule has 0 aromatic carbocycles. The molecule has 1 aliphatic carbocycles. The molecule has 6 heteroatoms. The number of hydrogen-bond donors (Lipinski definition) is 2. The van der Waals surface area contributed by atoms with Gasteiger partial charge in [0.05, 0.1) is 0 Å². The van der Waals surface area contributed by atoms with Gasteiger partial charge in [-0.2, -0.15) is 4.98 Å². The minimum absolute atomic E-state index is 0.0204. The highest BCUT2D eigenvalue weighted by atomic mass is 16.6. The van der Waals surface area contributed by atoms with E-state index in [0.29, 0.717) is 0 Å². The van der Waals surface area contributed by atoms with E-state index in [9.17, 15) is 9.59 Å². The Balaban J connectivity index is 1.90. The van der Waals surface area contributed by atoms with Crippen molar-refractivity contribution in [2.24, 2.45) is 0 Å². The molecule has 1 fully saturated rings. The van der Waals surface area contributed by atoms with Crippen molar-refractivity contribution in [3.8, 4) is 0 Å². The fraction of sp³-hybridized carbons (Fsp3) is 0.444. The number of hydrogen-bond acceptors (Lipinski definition) is 4. The molecule has 1 aliphatic rings. The molecule has 80 valence electrons. The maximum absolute atomic E-state index is 11.2. The lowest BCUT2D eigenvalue weighted by atomic mass is 9.96. The molecular weight excluding hydrogens is 198 g/mol. The Morgan fingerprint density at radius 3 is 3.00 bits per heavy atom. The molecule has 0 bridgehead atoms. The number of rotatable bonds is 2. The van der Waals surface area contributed by atoms with Gasteiger partial charge in [-0.25, -0.2) is 9.59 Å². The minimum atomic E-state index is -0.558. The average Bonchev–Trinajstić information content (AvgIpc) is 2.11. The molecule has 0 radical (unpaired) electrons. The summed E-state index contributed by atoms with van der Waals surface area (Å²) in [6.45, 7) is 0. The largest absolute Gasteiger partial charge is 0.446 e. The fourth-order valence-electron chi connectivity index (χ4n) is 1.21. The van der Waals surface area contributed by atoms with Gasteiger partial charge in [0, 0.05) is 6.20 Å². The smallest absolute Gasteiger partial charge is 0.413 e. The van der Waals surface area contributed by atoms with Crippen LogP contribution in [-0.2, 0) is 4.74 Å². The quantitative estimate of drug-likeness (QED) is 0.756. The van der Waals surface area contributed by atoms with Crippen LogP contribution in [0.4, 0.5) is 10.6 Å². The number of nitrogens with one attached hydrogen (secondary N) is 2. The van der Waals surface area contributed by atoms with E-state index in [1.807, 2.05) is 0 Å². The number of carbonyl (C=O) groups excluding carboxylic acids is 1. The summed E-state index contributed by atoms with van der Waals surface area (Å²) in [6.07, 6.45) is 3.80. The molecule has 0 unspecified atom stereocenters. The van der Waals surface area contributed by atoms with Gasteiger partial charge in [0.15, 0.2) is 0 Å². The van der Waals surface area contributed by atoms with Gasteiger partial charge in [0.2, 0.25) is 0 Å². The summed E-state index contributed by atoms with van der Waals surface area (Å²) in [5.74, 6) is 0.197. The second-order valence-corrected chi connectivity index (χ2v) is 3.36. The summed E-state index contributed by atoms with van der Waals surface area (Å²) in [5, 5.41) is 2.39. The van der Waals surface area contributed by atoms with Crippen molar-refractivity contribution in [3.63, 3.8) is 0 Å². The van der Waals surface area contributed by atoms with Crippen LogP contribution < -0.4 is 11.0 Å². The fourth-order valence-corrected chi connectivity index (χ4v) is 1.21. The van der Waals surface area contributed by atoms with Crippen LogP contribution in [0, 0.1) is 0 Å². The molecule has 2 rings (SSSR count). The molecule has 15 heavy (non-hydrogen) atoms. The third kappa shape index (κ3) is 2.55. The Bertz CT molecular complexity index is 411. The average molecular weight is 209 g/mol. The lowest BCUT2D eigenvalue weighted by Gasteiger charge is -2.24. The van der Waals surface area contributed by atoms with E-state index < -0.39 is 11.8 Å². The molecule has 0 spiro atoms. The third-order valence-corrected chi connectivity index (χ3v) is 2.23. The van der Waals surface area contributed by atoms with Crippen LogP contribution in [0.5, 0.6) is 0 Å². The Hall–Kier alpha value is -1.85. The number of ether oxygens (including phenoxy) is 1. The van der Waals surface area contributed by atoms with Crippen LogP contribution in [0.2, 0.25) is 0 Å². The number of H-pyrrole nitrogens is 1. The van der Waals surface area contributed by atoms with E-state index >= 15 is 0 Å². The van der Waals surface area contributed by atoms with E-state index in [4.69, 9.17) is 4.74 Å². The Kier molecular flexibility index (Phi) is 2.66. The zero-order valence-corrected chi connectivity index (χ0v) is 8.03. The van der Waals surface area contributed by atoms with Gasteiger partial charge in [-0.3, -0.25) is 5.32 Å². The molecule has 0 atom stereocenters. The van der Waals surface area contributed by atoms with Gasteiger partial charge in [0.1, 0.15) is 11.9 Å². The first-order valence-corrected chi connectivity index (χ1v) is 4.77. The van der Waals surface area contributed by atoms with Gasteiger partial charge in [-0.1, -0.05) is 0 Å². The molecule has 1 amide bonds. The number of amides is 1. The molecule has 1 aromatic rings. The Morgan fingerprint density at radius 2 is 2.40 bits per heavy atom. The first-order chi connectivity index (χ1) is 7.24. The van der Waals surface area contributed by atoms with Crippen LogP contribution in [0.3, 0.4) is 0 Å². The van der Waals surface area contributed by atoms with Crippen LogP contribution >= 0.6 is 0 Å². The summed E-state index contributed by atoms with van der Waals surface area (Å²) in [6, 6.07) is 1.49. The van der Waals surface area contributed by atoms with Gasteiger partial charge < -0.3 is 9.72 Å². The van der Waals surface area contributed by atoms with E-state index in [0.717, 1.165) is 19.3 Å². The summed E-state index contributed by atoms with van der Waals surface area (Å²) < 4.78 is 5.03. The van der Waals surface area contributed by atoms with Gasteiger partial charge in [0.25, 0.3) is 0 Å². The van der Waals surface area contributed by atoms with Crippen LogP contribution in [0.1, 0.15) is 19.3 Å². The van der Waals surface area contributed by atoms with Crippen LogP contribution in [0.25, 0.3) is 0 Å². The first-order valence-electron chi connectivity index (χ1n) is 4.77. The molecule has 1 aromatic heterocycles. The standard InChI is InChI=1S/C9H11N3O3/c13-8-10-5-4-7(11-8)12-9(14)15-6-2-1-3-6/h4-6H,1-3H2,(H2,10,11,12,13,14). The zero-order chi connectivity index (χ0) is 10.7. The van der Waals surface area contributed by atoms with Gasteiger partial charge >= 0.3 is 11.8 Å². The van der Waals surface area contributed by atoms with Crippen LogP contribution in [0.15, 0.2) is 17.1 Å². The molecule has 1 saturated carbocycles.